The quantitative estimate of drug-likeness (QED) is 0.376. The van der Waals surface area contributed by atoms with Gasteiger partial charge in [0.15, 0.2) is 5.96 Å². The van der Waals surface area contributed by atoms with Gasteiger partial charge in [0, 0.05) is 25.2 Å². The van der Waals surface area contributed by atoms with Crippen molar-refractivity contribution in [1.29, 1.82) is 0 Å². The molecule has 1 aromatic rings. The van der Waals surface area contributed by atoms with Crippen LogP contribution in [0.25, 0.3) is 0 Å². The largest absolute Gasteiger partial charge is 0.368 e. The Labute approximate surface area is 173 Å². The fourth-order valence-corrected chi connectivity index (χ4v) is 3.69. The summed E-state index contributed by atoms with van der Waals surface area (Å²) in [6, 6.07) is 7.60. The Bertz CT molecular complexity index is 681. The van der Waals surface area contributed by atoms with Crippen molar-refractivity contribution < 1.29 is 9.59 Å². The van der Waals surface area contributed by atoms with E-state index in [-0.39, 0.29) is 12.5 Å². The minimum Gasteiger partial charge on any atom is -0.368 e. The lowest BCUT2D eigenvalue weighted by Gasteiger charge is -2.24. The van der Waals surface area contributed by atoms with Crippen LogP contribution in [0.2, 0.25) is 0 Å². The van der Waals surface area contributed by atoms with Crippen LogP contribution in [-0.2, 0) is 11.3 Å². The molecule has 1 aromatic carbocycles. The summed E-state index contributed by atoms with van der Waals surface area (Å²) in [5.74, 6) is 0.796. The molecule has 7 heteroatoms. The van der Waals surface area contributed by atoms with Crippen molar-refractivity contribution in [1.82, 2.24) is 16.0 Å². The average Bonchev–Trinajstić information content (AvgIpc) is 2.74. The summed E-state index contributed by atoms with van der Waals surface area (Å²) >= 11 is 0. The first-order chi connectivity index (χ1) is 14.0. The van der Waals surface area contributed by atoms with Gasteiger partial charge in [-0.15, -0.1) is 0 Å². The third-order valence-corrected chi connectivity index (χ3v) is 5.44. The van der Waals surface area contributed by atoms with E-state index in [4.69, 9.17) is 5.73 Å². The van der Waals surface area contributed by atoms with Gasteiger partial charge >= 0.3 is 0 Å². The van der Waals surface area contributed by atoms with Gasteiger partial charge in [-0.05, 0) is 43.4 Å². The molecule has 0 aromatic heterocycles. The van der Waals surface area contributed by atoms with Gasteiger partial charge in [0.25, 0.3) is 5.91 Å². The zero-order chi connectivity index (χ0) is 21.1. The first-order valence-electron chi connectivity index (χ1n) is 10.6. The maximum absolute atomic E-state index is 11.9. The van der Waals surface area contributed by atoms with E-state index in [9.17, 15) is 9.59 Å². The van der Waals surface area contributed by atoms with Crippen LogP contribution in [0.5, 0.6) is 0 Å². The van der Waals surface area contributed by atoms with Crippen molar-refractivity contribution in [2.75, 3.05) is 13.6 Å². The van der Waals surface area contributed by atoms with Gasteiger partial charge < -0.3 is 21.7 Å². The second-order valence-corrected chi connectivity index (χ2v) is 7.90. The number of guanidine groups is 1. The number of rotatable bonds is 9. The van der Waals surface area contributed by atoms with Gasteiger partial charge in [-0.2, -0.15) is 0 Å². The maximum Gasteiger partial charge on any atom is 0.251 e. The summed E-state index contributed by atoms with van der Waals surface area (Å²) < 4.78 is 0. The number of benzene rings is 1. The van der Waals surface area contributed by atoms with E-state index < -0.39 is 5.91 Å². The first kappa shape index (κ1) is 22.7. The highest BCUT2D eigenvalue weighted by molar-refractivity contribution is 5.96. The van der Waals surface area contributed by atoms with E-state index in [0.717, 1.165) is 23.9 Å². The molecule has 7 nitrogen and oxygen atoms in total. The summed E-state index contributed by atoms with van der Waals surface area (Å²) in [5, 5.41) is 9.26. The molecule has 1 saturated carbocycles. The molecular weight excluding hydrogens is 366 g/mol. The molecule has 1 aliphatic carbocycles. The fourth-order valence-electron chi connectivity index (χ4n) is 3.69. The van der Waals surface area contributed by atoms with E-state index in [0.29, 0.717) is 18.2 Å². The number of nitrogens with two attached hydrogens (primary N) is 1. The van der Waals surface area contributed by atoms with Crippen LogP contribution < -0.4 is 21.7 Å². The molecule has 0 spiro atoms. The summed E-state index contributed by atoms with van der Waals surface area (Å²) in [7, 11) is 1.77. The van der Waals surface area contributed by atoms with Gasteiger partial charge in [0.05, 0.1) is 6.54 Å². The standard InChI is InChI=1S/C22H35N5O2/c1-16(8-9-17-6-4-3-5-7-17)27-22(24-2)26-14-18-10-12-19(13-11-18)21(29)25-15-20(23)28/h10-13,16-17H,3-9,14-15H2,1-2H3,(H2,23,28)(H,25,29)(H2,24,26,27). The van der Waals surface area contributed by atoms with Crippen molar-refractivity contribution in [3.63, 3.8) is 0 Å². The molecule has 0 bridgehead atoms. The van der Waals surface area contributed by atoms with E-state index in [1.165, 1.54) is 38.5 Å². The number of carbonyl (C=O) groups excluding carboxylic acids is 2. The average molecular weight is 402 g/mol. The second-order valence-electron chi connectivity index (χ2n) is 7.90. The van der Waals surface area contributed by atoms with Gasteiger partial charge in [-0.25, -0.2) is 0 Å². The Morgan fingerprint density at radius 2 is 1.83 bits per heavy atom. The minimum absolute atomic E-state index is 0.164. The minimum atomic E-state index is -0.564. The summed E-state index contributed by atoms with van der Waals surface area (Å²) in [5.41, 5.74) is 6.57. The Kier molecular flexibility index (Phi) is 9.47. The van der Waals surface area contributed by atoms with Crippen molar-refractivity contribution >= 4 is 17.8 Å². The number of nitrogens with zero attached hydrogens (tertiary/aromatic N) is 1. The topological polar surface area (TPSA) is 109 Å². The first-order valence-corrected chi connectivity index (χ1v) is 10.6. The molecule has 5 N–H and O–H groups in total. The van der Waals surface area contributed by atoms with Crippen molar-refractivity contribution in [3.05, 3.63) is 35.4 Å². The monoisotopic (exact) mass is 401 g/mol. The number of amides is 2. The van der Waals surface area contributed by atoms with Crippen molar-refractivity contribution in [2.24, 2.45) is 16.6 Å². The Balaban J connectivity index is 1.73. The zero-order valence-corrected chi connectivity index (χ0v) is 17.7. The molecule has 1 aliphatic rings. The van der Waals surface area contributed by atoms with Crippen LogP contribution >= 0.6 is 0 Å². The zero-order valence-electron chi connectivity index (χ0n) is 17.7. The van der Waals surface area contributed by atoms with E-state index >= 15 is 0 Å². The number of nitrogens with one attached hydrogen (secondary N) is 3. The van der Waals surface area contributed by atoms with E-state index in [1.54, 1.807) is 19.2 Å². The highest BCUT2D eigenvalue weighted by Crippen LogP contribution is 2.27. The Morgan fingerprint density at radius 3 is 2.45 bits per heavy atom. The number of carbonyl (C=O) groups is 2. The molecule has 1 fully saturated rings. The molecular formula is C22H35N5O2. The predicted octanol–water partition coefficient (Wildman–Crippen LogP) is 2.32. The van der Waals surface area contributed by atoms with E-state index in [2.05, 4.69) is 27.9 Å². The third-order valence-electron chi connectivity index (χ3n) is 5.44. The summed E-state index contributed by atoms with van der Waals surface area (Å²) in [6.07, 6.45) is 9.39. The van der Waals surface area contributed by atoms with Crippen molar-refractivity contribution in [3.8, 4) is 0 Å². The third kappa shape index (κ3) is 8.54. The highest BCUT2D eigenvalue weighted by Gasteiger charge is 2.15. The molecule has 29 heavy (non-hydrogen) atoms. The molecule has 160 valence electrons. The normalized spacial score (nSPS) is 16.1. The van der Waals surface area contributed by atoms with Crippen LogP contribution in [-0.4, -0.2) is 37.4 Å². The van der Waals surface area contributed by atoms with Crippen LogP contribution in [0.4, 0.5) is 0 Å². The van der Waals surface area contributed by atoms with Crippen molar-refractivity contribution in [2.45, 2.75) is 64.5 Å². The highest BCUT2D eigenvalue weighted by atomic mass is 16.2. The summed E-state index contributed by atoms with van der Waals surface area (Å²) in [6.45, 7) is 2.65. The predicted molar refractivity (Wildman–Crippen MR) is 117 cm³/mol. The van der Waals surface area contributed by atoms with Gasteiger partial charge in [0.1, 0.15) is 0 Å². The Hall–Kier alpha value is -2.57. The molecule has 0 aliphatic heterocycles. The number of aliphatic imine (C=N–C) groups is 1. The number of hydrogen-bond donors (Lipinski definition) is 4. The SMILES string of the molecule is CN=C(NCc1ccc(C(=O)NCC(N)=O)cc1)NC(C)CCC1CCCCC1. The molecule has 0 radical (unpaired) electrons. The van der Waals surface area contributed by atoms with Gasteiger partial charge in [0.2, 0.25) is 5.91 Å². The molecule has 0 saturated heterocycles. The fraction of sp³-hybridized carbons (Fsp3) is 0.591. The smallest absolute Gasteiger partial charge is 0.251 e. The van der Waals surface area contributed by atoms with Crippen LogP contribution in [0.1, 0.15) is 67.8 Å². The maximum atomic E-state index is 11.9. The lowest BCUT2D eigenvalue weighted by atomic mass is 9.85. The Morgan fingerprint density at radius 1 is 1.14 bits per heavy atom. The van der Waals surface area contributed by atoms with Crippen LogP contribution in [0.3, 0.4) is 0 Å². The van der Waals surface area contributed by atoms with Crippen LogP contribution in [0, 0.1) is 5.92 Å². The van der Waals surface area contributed by atoms with Gasteiger partial charge in [-0.3, -0.25) is 14.6 Å². The second kappa shape index (κ2) is 12.1. The lowest BCUT2D eigenvalue weighted by Crippen LogP contribution is -2.42. The number of primary amides is 1. The van der Waals surface area contributed by atoms with Gasteiger partial charge in [-0.1, -0.05) is 44.2 Å². The molecule has 2 rings (SSSR count). The molecule has 2 amide bonds. The van der Waals surface area contributed by atoms with Crippen LogP contribution in [0.15, 0.2) is 29.3 Å². The summed E-state index contributed by atoms with van der Waals surface area (Å²) in [4.78, 5) is 27.0. The number of hydrogen-bond acceptors (Lipinski definition) is 3. The lowest BCUT2D eigenvalue weighted by molar-refractivity contribution is -0.117. The molecule has 1 atom stereocenters. The van der Waals surface area contributed by atoms with E-state index in [1.807, 2.05) is 12.1 Å². The molecule has 0 heterocycles. The molecule has 1 unspecified atom stereocenters.